The predicted molar refractivity (Wildman–Crippen MR) is 95.1 cm³/mol. The van der Waals surface area contributed by atoms with Crippen molar-refractivity contribution in [1.82, 2.24) is 0 Å². The molecule has 0 aliphatic carbocycles. The first-order chi connectivity index (χ1) is 12.0. The highest BCUT2D eigenvalue weighted by Gasteiger charge is 2.16. The number of nitrogens with one attached hydrogen (secondary N) is 1. The van der Waals surface area contributed by atoms with Crippen molar-refractivity contribution in [3.63, 3.8) is 0 Å². The number of benzene rings is 2. The third-order valence-corrected chi connectivity index (χ3v) is 4.36. The van der Waals surface area contributed by atoms with Crippen molar-refractivity contribution in [1.29, 1.82) is 0 Å². The van der Waals surface area contributed by atoms with Crippen molar-refractivity contribution >= 4 is 35.0 Å². The Hall–Kier alpha value is -1.83. The Bertz CT molecular complexity index is 731. The molecule has 0 atom stereocenters. The number of hydrogen-bond acceptors (Lipinski definition) is 4. The van der Waals surface area contributed by atoms with Gasteiger partial charge in [0.15, 0.2) is 0 Å². The minimum atomic E-state index is -2.65. The van der Waals surface area contributed by atoms with Gasteiger partial charge in [0.25, 0.3) is 11.7 Å². The first-order valence-corrected chi connectivity index (χ1v) is 8.53. The molecule has 0 fully saturated rings. The van der Waals surface area contributed by atoms with Crippen LogP contribution in [-0.2, 0) is 4.74 Å². The number of thioether (sulfide) groups is 1. The van der Waals surface area contributed by atoms with Crippen molar-refractivity contribution in [3.05, 3.63) is 53.1 Å². The van der Waals surface area contributed by atoms with Gasteiger partial charge >= 0.3 is 0 Å². The fourth-order valence-electron chi connectivity index (χ4n) is 1.98. The van der Waals surface area contributed by atoms with Gasteiger partial charge in [-0.05, 0) is 30.3 Å². The number of methoxy groups -OCH3 is 1. The summed E-state index contributed by atoms with van der Waals surface area (Å²) in [7, 11) is 1.56. The second kappa shape index (κ2) is 9.60. The van der Waals surface area contributed by atoms with Crippen LogP contribution in [0.15, 0.2) is 47.4 Å². The van der Waals surface area contributed by atoms with Crippen LogP contribution in [0.25, 0.3) is 0 Å². The first kappa shape index (κ1) is 19.5. The lowest BCUT2D eigenvalue weighted by molar-refractivity contribution is 0.102. The fourth-order valence-corrected chi connectivity index (χ4v) is 2.89. The van der Waals surface area contributed by atoms with Gasteiger partial charge in [0.2, 0.25) is 0 Å². The summed E-state index contributed by atoms with van der Waals surface area (Å²) in [4.78, 5) is 12.5. The number of amides is 1. The van der Waals surface area contributed by atoms with Crippen LogP contribution in [-0.4, -0.2) is 32.0 Å². The summed E-state index contributed by atoms with van der Waals surface area (Å²) >= 11 is 6.25. The molecule has 0 aliphatic heterocycles. The van der Waals surface area contributed by atoms with Gasteiger partial charge in [0.1, 0.15) is 12.4 Å². The number of ether oxygens (including phenoxy) is 2. The van der Waals surface area contributed by atoms with Crippen LogP contribution in [0, 0.1) is 0 Å². The lowest BCUT2D eigenvalue weighted by Gasteiger charge is -2.12. The van der Waals surface area contributed by atoms with E-state index in [9.17, 15) is 13.6 Å². The van der Waals surface area contributed by atoms with E-state index in [1.54, 1.807) is 37.4 Å². The van der Waals surface area contributed by atoms with Crippen LogP contribution >= 0.6 is 23.4 Å². The highest BCUT2D eigenvalue weighted by atomic mass is 35.5. The third-order valence-electron chi connectivity index (χ3n) is 3.07. The SMILES string of the molecule is COCCOc1cccc(C(=O)Nc2cccc(Cl)c2SC(F)F)c1. The first-order valence-electron chi connectivity index (χ1n) is 7.27. The summed E-state index contributed by atoms with van der Waals surface area (Å²) in [5.41, 5.74) is 0.566. The summed E-state index contributed by atoms with van der Waals surface area (Å²) in [6.07, 6.45) is 0. The fraction of sp³-hybridized carbons (Fsp3) is 0.235. The van der Waals surface area contributed by atoms with Crippen molar-refractivity contribution in [2.24, 2.45) is 0 Å². The smallest absolute Gasteiger partial charge is 0.289 e. The molecule has 2 rings (SSSR count). The van der Waals surface area contributed by atoms with E-state index in [1.807, 2.05) is 0 Å². The number of carbonyl (C=O) groups excluding carboxylic acids is 1. The van der Waals surface area contributed by atoms with Crippen LogP contribution in [0.5, 0.6) is 5.75 Å². The van der Waals surface area contributed by atoms with Crippen LogP contribution in [0.4, 0.5) is 14.5 Å². The molecule has 8 heteroatoms. The number of hydrogen-bond donors (Lipinski definition) is 1. The van der Waals surface area contributed by atoms with Gasteiger partial charge < -0.3 is 14.8 Å². The largest absolute Gasteiger partial charge is 0.491 e. The van der Waals surface area contributed by atoms with Gasteiger partial charge in [-0.2, -0.15) is 8.78 Å². The molecule has 2 aromatic rings. The zero-order valence-electron chi connectivity index (χ0n) is 13.3. The molecule has 0 aromatic heterocycles. The van der Waals surface area contributed by atoms with E-state index in [0.717, 1.165) is 0 Å². The molecule has 0 bridgehead atoms. The number of halogens is 3. The van der Waals surface area contributed by atoms with Crippen molar-refractivity contribution in [3.8, 4) is 5.75 Å². The van der Waals surface area contributed by atoms with Crippen LogP contribution in [0.2, 0.25) is 5.02 Å². The Labute approximate surface area is 153 Å². The van der Waals surface area contributed by atoms with E-state index < -0.39 is 11.7 Å². The molecule has 1 N–H and O–H groups in total. The van der Waals surface area contributed by atoms with Crippen LogP contribution < -0.4 is 10.1 Å². The molecular weight excluding hydrogens is 372 g/mol. The summed E-state index contributed by atoms with van der Waals surface area (Å²) in [5, 5.41) is 2.76. The van der Waals surface area contributed by atoms with E-state index in [2.05, 4.69) is 5.32 Å². The lowest BCUT2D eigenvalue weighted by atomic mass is 10.2. The Balaban J connectivity index is 2.15. The monoisotopic (exact) mass is 387 g/mol. The number of alkyl halides is 2. The van der Waals surface area contributed by atoms with Gasteiger partial charge in [-0.3, -0.25) is 4.79 Å². The molecule has 2 aromatic carbocycles. The van der Waals surface area contributed by atoms with Gasteiger partial charge in [-0.1, -0.05) is 35.5 Å². The predicted octanol–water partition coefficient (Wildman–Crippen LogP) is 4.93. The summed E-state index contributed by atoms with van der Waals surface area (Å²) in [6.45, 7) is 0.776. The molecule has 1 amide bonds. The Kier molecular flexibility index (Phi) is 7.49. The lowest BCUT2D eigenvalue weighted by Crippen LogP contribution is -2.13. The number of anilines is 1. The zero-order valence-corrected chi connectivity index (χ0v) is 14.9. The van der Waals surface area contributed by atoms with Crippen molar-refractivity contribution < 1.29 is 23.0 Å². The topological polar surface area (TPSA) is 47.6 Å². The molecule has 0 unspecified atom stereocenters. The zero-order chi connectivity index (χ0) is 18.2. The third kappa shape index (κ3) is 5.88. The second-order valence-electron chi connectivity index (χ2n) is 4.82. The maximum absolute atomic E-state index is 12.7. The summed E-state index contributed by atoms with van der Waals surface area (Å²) < 4.78 is 35.8. The highest BCUT2D eigenvalue weighted by molar-refractivity contribution is 7.99. The summed E-state index contributed by atoms with van der Waals surface area (Å²) in [6, 6.07) is 11.1. The van der Waals surface area contributed by atoms with E-state index in [0.29, 0.717) is 24.5 Å². The van der Waals surface area contributed by atoms with Crippen LogP contribution in [0.1, 0.15) is 10.4 Å². The molecule has 25 heavy (non-hydrogen) atoms. The average Bonchev–Trinajstić information content (AvgIpc) is 2.58. The number of rotatable bonds is 8. The molecule has 0 aliphatic rings. The van der Waals surface area contributed by atoms with E-state index >= 15 is 0 Å². The normalized spacial score (nSPS) is 10.8. The molecule has 134 valence electrons. The second-order valence-corrected chi connectivity index (χ2v) is 6.23. The molecule has 0 radical (unpaired) electrons. The van der Waals surface area contributed by atoms with Gasteiger partial charge in [-0.25, -0.2) is 0 Å². The Morgan fingerprint density at radius 1 is 1.24 bits per heavy atom. The van der Waals surface area contributed by atoms with Crippen LogP contribution in [0.3, 0.4) is 0 Å². The van der Waals surface area contributed by atoms with E-state index in [-0.39, 0.29) is 27.4 Å². The minimum Gasteiger partial charge on any atom is -0.491 e. The molecule has 0 heterocycles. The summed E-state index contributed by atoms with van der Waals surface area (Å²) in [5.74, 6) is -2.58. The maximum atomic E-state index is 12.7. The molecule has 0 saturated heterocycles. The maximum Gasteiger partial charge on any atom is 0.289 e. The van der Waals surface area contributed by atoms with Gasteiger partial charge in [0.05, 0.1) is 22.2 Å². The Morgan fingerprint density at radius 3 is 2.72 bits per heavy atom. The average molecular weight is 388 g/mol. The quantitative estimate of drug-likeness (QED) is 0.515. The highest BCUT2D eigenvalue weighted by Crippen LogP contribution is 2.37. The Morgan fingerprint density at radius 2 is 2.00 bits per heavy atom. The van der Waals surface area contributed by atoms with Gasteiger partial charge in [0, 0.05) is 12.7 Å². The molecule has 4 nitrogen and oxygen atoms in total. The minimum absolute atomic E-state index is 0.125. The number of carbonyl (C=O) groups is 1. The van der Waals surface area contributed by atoms with Crippen molar-refractivity contribution in [2.75, 3.05) is 25.6 Å². The molecule has 0 spiro atoms. The van der Waals surface area contributed by atoms with Gasteiger partial charge in [-0.15, -0.1) is 0 Å². The molecular formula is C17H16ClF2NO3S. The molecule has 0 saturated carbocycles. The van der Waals surface area contributed by atoms with Crippen molar-refractivity contribution in [2.45, 2.75) is 10.7 Å². The van der Waals surface area contributed by atoms with E-state index in [1.165, 1.54) is 12.1 Å². The standard InChI is InChI=1S/C17H16ClF2NO3S/c1-23-8-9-24-12-5-2-4-11(10-12)16(22)21-14-7-3-6-13(18)15(14)25-17(19)20/h2-7,10,17H,8-9H2,1H3,(H,21,22). The van der Waals surface area contributed by atoms with E-state index in [4.69, 9.17) is 21.1 Å².